The van der Waals surface area contributed by atoms with Crippen molar-refractivity contribution in [3.05, 3.63) is 10.6 Å². The highest BCUT2D eigenvalue weighted by molar-refractivity contribution is 5.87. The lowest BCUT2D eigenvalue weighted by molar-refractivity contribution is 0.236. The maximum absolute atomic E-state index is 11.8. The largest absolute Gasteiger partial charge is 0.439 e. The molecule has 3 aromatic heterocycles. The van der Waals surface area contributed by atoms with Crippen LogP contribution in [0.25, 0.3) is 22.8 Å². The van der Waals surface area contributed by atoms with Gasteiger partial charge >= 0.3 is 5.76 Å². The topological polar surface area (TPSA) is 118 Å². The number of aromatic amines is 1. The molecule has 1 aliphatic heterocycles. The predicted molar refractivity (Wildman–Crippen MR) is 155 cm³/mol. The van der Waals surface area contributed by atoms with Gasteiger partial charge in [0.05, 0.1) is 0 Å². The molecule has 10 nitrogen and oxygen atoms in total. The van der Waals surface area contributed by atoms with Gasteiger partial charge in [-0.3, -0.25) is 9.51 Å². The van der Waals surface area contributed by atoms with Gasteiger partial charge in [-0.2, -0.15) is 4.98 Å². The van der Waals surface area contributed by atoms with Gasteiger partial charge in [0.15, 0.2) is 11.5 Å². The number of nitrogens with zero attached hydrogens (tertiary/aromatic N) is 6. The fraction of sp³-hybridized carbons (Fsp3) is 0.767. The van der Waals surface area contributed by atoms with Gasteiger partial charge in [0, 0.05) is 25.2 Å². The lowest BCUT2D eigenvalue weighted by Crippen LogP contribution is -2.48. The third-order valence-corrected chi connectivity index (χ3v) is 10.5. The Morgan fingerprint density at radius 3 is 2.52 bits per heavy atom. The van der Waals surface area contributed by atoms with Crippen LogP contribution in [0.15, 0.2) is 9.32 Å². The van der Waals surface area contributed by atoms with Gasteiger partial charge in [-0.25, -0.2) is 14.8 Å². The monoisotopic (exact) mass is 548 g/mol. The van der Waals surface area contributed by atoms with E-state index in [1.165, 1.54) is 83.5 Å². The standard InChI is InChI=1S/C30H44N8O2/c1-18-12-14-20(15-13-18)17-38-24-25(31-19(2)21-8-5-9-21)32-27(28-35-30(39)40-36-28)33-26(24)34-29(38)37-16-6-10-22-7-3-4-11-23(22)37/h18-23H,3-17H2,1-2H3,(H,31,32,33)(H,35,36,39)/t18?,19-,20?,22-,23+/m1/s1. The first-order valence-electron chi connectivity index (χ1n) is 15.9. The number of imidazole rings is 1. The molecule has 1 saturated heterocycles. The van der Waals surface area contributed by atoms with E-state index >= 15 is 0 Å². The van der Waals surface area contributed by atoms with Gasteiger partial charge in [-0.05, 0) is 82.0 Å². The maximum Gasteiger partial charge on any atom is 0.439 e. The van der Waals surface area contributed by atoms with E-state index in [1.807, 2.05) is 0 Å². The molecule has 4 heterocycles. The van der Waals surface area contributed by atoms with Crippen LogP contribution < -0.4 is 16.0 Å². The summed E-state index contributed by atoms with van der Waals surface area (Å²) >= 11 is 0. The molecular weight excluding hydrogens is 504 g/mol. The Morgan fingerprint density at radius 2 is 1.77 bits per heavy atom. The molecule has 4 aliphatic rings. The molecule has 0 amide bonds. The van der Waals surface area contributed by atoms with Gasteiger partial charge < -0.3 is 14.8 Å². The highest BCUT2D eigenvalue weighted by atomic mass is 16.5. The number of anilines is 2. The Hall–Kier alpha value is -2.91. The molecule has 0 radical (unpaired) electrons. The number of hydrogen-bond acceptors (Lipinski definition) is 8. The van der Waals surface area contributed by atoms with Gasteiger partial charge in [0.25, 0.3) is 0 Å². The number of piperidine rings is 1. The van der Waals surface area contributed by atoms with Crippen LogP contribution in [0.3, 0.4) is 0 Å². The van der Waals surface area contributed by atoms with Crippen molar-refractivity contribution in [2.45, 2.75) is 116 Å². The summed E-state index contributed by atoms with van der Waals surface area (Å²) < 4.78 is 7.28. The molecule has 3 aliphatic carbocycles. The number of rotatable bonds is 7. The van der Waals surface area contributed by atoms with Crippen molar-refractivity contribution in [2.75, 3.05) is 16.8 Å². The zero-order valence-corrected chi connectivity index (χ0v) is 24.1. The van der Waals surface area contributed by atoms with Gasteiger partial charge in [-0.15, -0.1) is 0 Å². The molecule has 7 rings (SSSR count). The van der Waals surface area contributed by atoms with Crippen molar-refractivity contribution in [1.29, 1.82) is 0 Å². The van der Waals surface area contributed by atoms with Crippen molar-refractivity contribution >= 4 is 22.9 Å². The Kier molecular flexibility index (Phi) is 7.04. The molecule has 2 N–H and O–H groups in total. The van der Waals surface area contributed by atoms with E-state index in [9.17, 15) is 4.79 Å². The average Bonchev–Trinajstić information content (AvgIpc) is 3.52. The number of aromatic nitrogens is 6. The molecule has 3 atom stereocenters. The normalized spacial score (nSPS) is 28.3. The minimum Gasteiger partial charge on any atom is -0.365 e. The molecule has 0 unspecified atom stereocenters. The maximum atomic E-state index is 11.8. The van der Waals surface area contributed by atoms with E-state index in [2.05, 4.69) is 38.8 Å². The van der Waals surface area contributed by atoms with Crippen LogP contribution in [0.5, 0.6) is 0 Å². The highest BCUT2D eigenvalue weighted by Gasteiger charge is 2.37. The molecule has 4 fully saturated rings. The van der Waals surface area contributed by atoms with Crippen LogP contribution in [0, 0.1) is 23.7 Å². The summed E-state index contributed by atoms with van der Waals surface area (Å²) in [4.78, 5) is 32.2. The third kappa shape index (κ3) is 4.91. The summed E-state index contributed by atoms with van der Waals surface area (Å²) in [5, 5.41) is 7.69. The average molecular weight is 549 g/mol. The van der Waals surface area contributed by atoms with Crippen LogP contribution in [0.2, 0.25) is 0 Å². The summed E-state index contributed by atoms with van der Waals surface area (Å²) in [6, 6.07) is 0.838. The van der Waals surface area contributed by atoms with Crippen molar-refractivity contribution in [3.8, 4) is 11.6 Å². The molecule has 216 valence electrons. The second-order valence-corrected chi connectivity index (χ2v) is 13.2. The van der Waals surface area contributed by atoms with Crippen molar-refractivity contribution in [1.82, 2.24) is 29.7 Å². The minimum absolute atomic E-state index is 0.244. The molecular formula is C30H44N8O2. The number of nitrogens with one attached hydrogen (secondary N) is 2. The van der Waals surface area contributed by atoms with E-state index in [4.69, 9.17) is 19.5 Å². The Morgan fingerprint density at radius 1 is 0.975 bits per heavy atom. The zero-order chi connectivity index (χ0) is 27.2. The molecule has 0 bridgehead atoms. The quantitative estimate of drug-likeness (QED) is 0.383. The number of H-pyrrole nitrogens is 1. The van der Waals surface area contributed by atoms with E-state index in [1.54, 1.807) is 0 Å². The van der Waals surface area contributed by atoms with Gasteiger partial charge in [-0.1, -0.05) is 44.2 Å². The molecule has 3 saturated carbocycles. The van der Waals surface area contributed by atoms with E-state index < -0.39 is 5.76 Å². The van der Waals surface area contributed by atoms with Crippen LogP contribution in [-0.2, 0) is 6.54 Å². The summed E-state index contributed by atoms with van der Waals surface area (Å²) in [5.74, 6) is 4.68. The van der Waals surface area contributed by atoms with Crippen molar-refractivity contribution in [3.63, 3.8) is 0 Å². The van der Waals surface area contributed by atoms with E-state index in [0.29, 0.717) is 29.3 Å². The van der Waals surface area contributed by atoms with Crippen LogP contribution in [0.4, 0.5) is 11.8 Å². The third-order valence-electron chi connectivity index (χ3n) is 10.5. The second-order valence-electron chi connectivity index (χ2n) is 13.2. The molecule has 0 aromatic carbocycles. The van der Waals surface area contributed by atoms with Crippen molar-refractivity contribution in [2.24, 2.45) is 23.7 Å². The summed E-state index contributed by atoms with van der Waals surface area (Å²) in [5.41, 5.74) is 1.67. The first-order valence-corrected chi connectivity index (χ1v) is 15.9. The van der Waals surface area contributed by atoms with Crippen LogP contribution >= 0.6 is 0 Å². The second kappa shape index (κ2) is 10.8. The summed E-state index contributed by atoms with van der Waals surface area (Å²) in [6.07, 6.45) is 16.7. The Balaban J connectivity index is 1.36. The SMILES string of the molecule is CC1CCC(Cn2c(N3CCC[C@H]4CCCC[C@@H]43)nc3nc(-c4noc(=O)[nH]4)nc(N[C@H](C)C4CCC4)c32)CC1. The first kappa shape index (κ1) is 26.0. The predicted octanol–water partition coefficient (Wildman–Crippen LogP) is 5.76. The summed E-state index contributed by atoms with van der Waals surface area (Å²) in [7, 11) is 0. The molecule has 40 heavy (non-hydrogen) atoms. The van der Waals surface area contributed by atoms with Gasteiger partial charge in [0.1, 0.15) is 5.52 Å². The van der Waals surface area contributed by atoms with Crippen LogP contribution in [-0.4, -0.2) is 48.3 Å². The summed E-state index contributed by atoms with van der Waals surface area (Å²) in [6.45, 7) is 6.64. The highest BCUT2D eigenvalue weighted by Crippen LogP contribution is 2.41. The lowest BCUT2D eigenvalue weighted by atomic mass is 9.78. The fourth-order valence-corrected chi connectivity index (χ4v) is 7.87. The zero-order valence-electron chi connectivity index (χ0n) is 24.1. The molecule has 10 heteroatoms. The fourth-order valence-electron chi connectivity index (χ4n) is 7.87. The Bertz CT molecular complexity index is 1380. The smallest absolute Gasteiger partial charge is 0.365 e. The molecule has 0 spiro atoms. The minimum atomic E-state index is -0.606. The first-order chi connectivity index (χ1) is 19.5. The van der Waals surface area contributed by atoms with Crippen LogP contribution in [0.1, 0.15) is 97.3 Å². The van der Waals surface area contributed by atoms with Crippen molar-refractivity contribution < 1.29 is 4.52 Å². The molecule has 3 aromatic rings. The van der Waals surface area contributed by atoms with E-state index in [-0.39, 0.29) is 11.9 Å². The van der Waals surface area contributed by atoms with E-state index in [0.717, 1.165) is 42.2 Å². The van der Waals surface area contributed by atoms with Gasteiger partial charge in [0.2, 0.25) is 17.6 Å². The lowest BCUT2D eigenvalue weighted by Gasteiger charge is -2.45. The Labute approximate surface area is 235 Å². The number of hydrogen-bond donors (Lipinski definition) is 2. The number of fused-ring (bicyclic) bond motifs is 2.